The van der Waals surface area contributed by atoms with Gasteiger partial charge in [-0.2, -0.15) is 4.31 Å². The maximum Gasteiger partial charge on any atom is 0.243 e. The van der Waals surface area contributed by atoms with Crippen molar-refractivity contribution < 1.29 is 13.2 Å². The van der Waals surface area contributed by atoms with E-state index in [9.17, 15) is 13.2 Å². The van der Waals surface area contributed by atoms with E-state index >= 15 is 0 Å². The summed E-state index contributed by atoms with van der Waals surface area (Å²) in [4.78, 5) is 13.1. The summed E-state index contributed by atoms with van der Waals surface area (Å²) in [5, 5.41) is 2.96. The van der Waals surface area contributed by atoms with Gasteiger partial charge in [0.2, 0.25) is 15.9 Å². The molecule has 28 heavy (non-hydrogen) atoms. The van der Waals surface area contributed by atoms with E-state index < -0.39 is 10.0 Å². The zero-order valence-corrected chi connectivity index (χ0v) is 16.7. The van der Waals surface area contributed by atoms with E-state index in [0.717, 1.165) is 44.1 Å². The lowest BCUT2D eigenvalue weighted by Gasteiger charge is -2.26. The van der Waals surface area contributed by atoms with Gasteiger partial charge in [0.1, 0.15) is 0 Å². The average molecular weight is 399 g/mol. The van der Waals surface area contributed by atoms with E-state index in [1.807, 2.05) is 18.2 Å². The molecule has 1 heterocycles. The van der Waals surface area contributed by atoms with E-state index in [0.29, 0.717) is 18.8 Å². The highest BCUT2D eigenvalue weighted by atomic mass is 32.2. The topological polar surface area (TPSA) is 66.5 Å². The van der Waals surface area contributed by atoms with E-state index in [1.165, 1.54) is 5.56 Å². The van der Waals surface area contributed by atoms with Gasteiger partial charge in [-0.1, -0.05) is 30.7 Å². The molecule has 0 radical (unpaired) electrons. The van der Waals surface area contributed by atoms with Gasteiger partial charge in [0.15, 0.2) is 0 Å². The number of benzene rings is 2. The fourth-order valence-electron chi connectivity index (χ4n) is 4.22. The molecular formula is C22H26N2O3S. The van der Waals surface area contributed by atoms with E-state index in [2.05, 4.69) is 11.4 Å². The first kappa shape index (κ1) is 19.2. The Morgan fingerprint density at radius 1 is 0.929 bits per heavy atom. The van der Waals surface area contributed by atoms with Crippen molar-refractivity contribution in [3.8, 4) is 0 Å². The van der Waals surface area contributed by atoms with Crippen LogP contribution in [0, 0.1) is 0 Å². The number of nitrogens with zero attached hydrogens (tertiary/aromatic N) is 1. The molecule has 1 unspecified atom stereocenters. The highest BCUT2D eigenvalue weighted by Crippen LogP contribution is 2.32. The molecule has 0 aromatic heterocycles. The number of fused-ring (bicyclic) bond motifs is 1. The number of rotatable bonds is 4. The van der Waals surface area contributed by atoms with Crippen molar-refractivity contribution in [2.24, 2.45) is 0 Å². The first-order valence-electron chi connectivity index (χ1n) is 10.0. The van der Waals surface area contributed by atoms with Crippen LogP contribution >= 0.6 is 0 Å². The van der Waals surface area contributed by atoms with Gasteiger partial charge >= 0.3 is 0 Å². The van der Waals surface area contributed by atoms with Crippen LogP contribution < -0.4 is 5.32 Å². The van der Waals surface area contributed by atoms with Crippen molar-refractivity contribution in [3.63, 3.8) is 0 Å². The standard InChI is InChI=1S/C22H26N2O3S/c25-22(21-10-6-8-17-7-2-3-9-20(17)21)23-18-11-13-19(14-12-18)28(26,27)24-15-4-1-5-16-24/h2-3,7,9,11-14,21H,1,4-6,8,10,15-16H2,(H,23,25). The molecule has 1 amide bonds. The van der Waals surface area contributed by atoms with Crippen LogP contribution in [-0.2, 0) is 21.2 Å². The summed E-state index contributed by atoms with van der Waals surface area (Å²) in [6.45, 7) is 1.17. The number of nitrogens with one attached hydrogen (secondary N) is 1. The van der Waals surface area contributed by atoms with Crippen molar-refractivity contribution >= 4 is 21.6 Å². The smallest absolute Gasteiger partial charge is 0.243 e. The molecule has 1 fully saturated rings. The molecule has 2 aromatic carbocycles. The van der Waals surface area contributed by atoms with Gasteiger partial charge in [-0.15, -0.1) is 0 Å². The molecule has 0 bridgehead atoms. The number of hydrogen-bond donors (Lipinski definition) is 1. The maximum atomic E-state index is 12.8. The number of sulfonamides is 1. The zero-order valence-electron chi connectivity index (χ0n) is 15.9. The SMILES string of the molecule is O=C(Nc1ccc(S(=O)(=O)N2CCCCC2)cc1)C1CCCc2ccccc21. The van der Waals surface area contributed by atoms with Crippen LogP contribution in [0.4, 0.5) is 5.69 Å². The Balaban J connectivity index is 1.47. The highest BCUT2D eigenvalue weighted by Gasteiger charge is 2.27. The molecule has 6 heteroatoms. The fraction of sp³-hybridized carbons (Fsp3) is 0.409. The summed E-state index contributed by atoms with van der Waals surface area (Å²) < 4.78 is 27.0. The van der Waals surface area contributed by atoms with Gasteiger partial charge in [0, 0.05) is 18.8 Å². The molecule has 5 nitrogen and oxygen atoms in total. The Kier molecular flexibility index (Phi) is 5.51. The van der Waals surface area contributed by atoms with Gasteiger partial charge in [-0.25, -0.2) is 8.42 Å². The summed E-state index contributed by atoms with van der Waals surface area (Å²) >= 11 is 0. The van der Waals surface area contributed by atoms with Gasteiger partial charge < -0.3 is 5.32 Å². The first-order chi connectivity index (χ1) is 13.6. The summed E-state index contributed by atoms with van der Waals surface area (Å²) in [6.07, 6.45) is 5.77. The lowest BCUT2D eigenvalue weighted by atomic mass is 9.82. The lowest BCUT2D eigenvalue weighted by Crippen LogP contribution is -2.35. The predicted molar refractivity (Wildman–Crippen MR) is 110 cm³/mol. The Morgan fingerprint density at radius 2 is 1.64 bits per heavy atom. The number of amides is 1. The molecule has 1 aliphatic carbocycles. The number of piperidine rings is 1. The van der Waals surface area contributed by atoms with E-state index in [1.54, 1.807) is 28.6 Å². The summed E-state index contributed by atoms with van der Waals surface area (Å²) in [7, 11) is -3.45. The number of hydrogen-bond acceptors (Lipinski definition) is 3. The Hall–Kier alpha value is -2.18. The number of anilines is 1. The molecular weight excluding hydrogens is 372 g/mol. The van der Waals surface area contributed by atoms with Crippen molar-refractivity contribution in [2.45, 2.75) is 49.3 Å². The molecule has 148 valence electrons. The van der Waals surface area contributed by atoms with Crippen molar-refractivity contribution in [1.82, 2.24) is 4.31 Å². The van der Waals surface area contributed by atoms with Crippen LogP contribution in [0.3, 0.4) is 0 Å². The third-order valence-corrected chi connectivity index (χ3v) is 7.67. The maximum absolute atomic E-state index is 12.8. The Bertz CT molecular complexity index is 948. The van der Waals surface area contributed by atoms with Crippen molar-refractivity contribution in [3.05, 3.63) is 59.7 Å². The molecule has 1 N–H and O–H groups in total. The van der Waals surface area contributed by atoms with Crippen LogP contribution in [0.5, 0.6) is 0 Å². The van der Waals surface area contributed by atoms with Gasteiger partial charge in [-0.05, 0) is 67.5 Å². The third-order valence-electron chi connectivity index (χ3n) is 5.76. The van der Waals surface area contributed by atoms with Gasteiger partial charge in [-0.3, -0.25) is 4.79 Å². The summed E-state index contributed by atoms with van der Waals surface area (Å²) in [6, 6.07) is 14.7. The Labute approximate surface area is 166 Å². The number of carbonyl (C=O) groups is 1. The molecule has 1 saturated heterocycles. The predicted octanol–water partition coefficient (Wildman–Crippen LogP) is 3.92. The Morgan fingerprint density at radius 3 is 2.39 bits per heavy atom. The number of aryl methyl sites for hydroxylation is 1. The molecule has 1 atom stereocenters. The average Bonchev–Trinajstić information content (AvgIpc) is 2.74. The normalized spacial score (nSPS) is 20.4. The summed E-state index contributed by atoms with van der Waals surface area (Å²) in [5.41, 5.74) is 2.98. The van der Waals surface area contributed by atoms with Crippen LogP contribution in [0.2, 0.25) is 0 Å². The molecule has 0 saturated carbocycles. The molecule has 2 aromatic rings. The first-order valence-corrected chi connectivity index (χ1v) is 11.5. The lowest BCUT2D eigenvalue weighted by molar-refractivity contribution is -0.117. The molecule has 1 aliphatic heterocycles. The second-order valence-corrected chi connectivity index (χ2v) is 9.56. The second-order valence-electron chi connectivity index (χ2n) is 7.62. The van der Waals surface area contributed by atoms with Gasteiger partial charge in [0.25, 0.3) is 0 Å². The van der Waals surface area contributed by atoms with Gasteiger partial charge in [0.05, 0.1) is 10.8 Å². The number of carbonyl (C=O) groups excluding carboxylic acids is 1. The minimum absolute atomic E-state index is 0.0289. The minimum Gasteiger partial charge on any atom is -0.326 e. The summed E-state index contributed by atoms with van der Waals surface area (Å²) in [5.74, 6) is -0.180. The second kappa shape index (κ2) is 8.05. The highest BCUT2D eigenvalue weighted by molar-refractivity contribution is 7.89. The fourth-order valence-corrected chi connectivity index (χ4v) is 5.74. The van der Waals surface area contributed by atoms with Crippen LogP contribution in [-0.4, -0.2) is 31.7 Å². The van der Waals surface area contributed by atoms with E-state index in [4.69, 9.17) is 0 Å². The third kappa shape index (κ3) is 3.84. The zero-order chi connectivity index (χ0) is 19.6. The molecule has 4 rings (SSSR count). The van der Waals surface area contributed by atoms with Crippen LogP contribution in [0.25, 0.3) is 0 Å². The van der Waals surface area contributed by atoms with Crippen LogP contribution in [0.1, 0.15) is 49.1 Å². The monoisotopic (exact) mass is 398 g/mol. The largest absolute Gasteiger partial charge is 0.326 e. The van der Waals surface area contributed by atoms with E-state index in [-0.39, 0.29) is 16.7 Å². The van der Waals surface area contributed by atoms with Crippen LogP contribution in [0.15, 0.2) is 53.4 Å². The minimum atomic E-state index is -3.45. The van der Waals surface area contributed by atoms with Crippen molar-refractivity contribution in [2.75, 3.05) is 18.4 Å². The molecule has 2 aliphatic rings. The van der Waals surface area contributed by atoms with Crippen molar-refractivity contribution in [1.29, 1.82) is 0 Å². The quantitative estimate of drug-likeness (QED) is 0.849. The molecule has 0 spiro atoms.